The Labute approximate surface area is 119 Å². The fraction of sp³-hybridized carbons (Fsp3) is 0.562. The van der Waals surface area contributed by atoms with Crippen molar-refractivity contribution in [2.45, 2.75) is 25.3 Å². The summed E-state index contributed by atoms with van der Waals surface area (Å²) in [6.45, 7) is 3.53. The number of hydrogen-bond donors (Lipinski definition) is 1. The number of anilines is 1. The zero-order chi connectivity index (χ0) is 13.5. The number of nitrogens with zero attached hydrogens (tertiary/aromatic N) is 3. The topological polar surface area (TPSA) is 35.2 Å². The highest BCUT2D eigenvalue weighted by Crippen LogP contribution is 2.31. The Morgan fingerprint density at radius 3 is 3.00 bits per heavy atom. The molecule has 0 bridgehead atoms. The van der Waals surface area contributed by atoms with Crippen LogP contribution < -0.4 is 4.90 Å². The minimum atomic E-state index is 0.782. The van der Waals surface area contributed by atoms with Gasteiger partial charge in [-0.1, -0.05) is 12.1 Å². The molecule has 4 rings (SSSR count). The van der Waals surface area contributed by atoms with Crippen molar-refractivity contribution < 1.29 is 0 Å². The van der Waals surface area contributed by atoms with Gasteiger partial charge in [0.05, 0.1) is 11.0 Å². The quantitative estimate of drug-likeness (QED) is 0.864. The number of fused-ring (bicyclic) bond motifs is 2. The fourth-order valence-electron chi connectivity index (χ4n) is 3.93. The number of rotatable bonds is 1. The molecule has 0 spiro atoms. The fourth-order valence-corrected chi connectivity index (χ4v) is 3.93. The molecule has 2 aliphatic heterocycles. The minimum absolute atomic E-state index is 0.782. The van der Waals surface area contributed by atoms with E-state index in [1.807, 2.05) is 0 Å². The van der Waals surface area contributed by atoms with Crippen molar-refractivity contribution >= 4 is 17.0 Å². The SMILES string of the molecule is CN1CCC[C@H]2CN(c3nc4ccccc4[nH]3)CC[C@@H]21. The molecular weight excluding hydrogens is 248 g/mol. The summed E-state index contributed by atoms with van der Waals surface area (Å²) in [5.74, 6) is 1.86. The molecule has 2 saturated heterocycles. The molecule has 2 aliphatic rings. The molecule has 1 aromatic heterocycles. The first kappa shape index (κ1) is 12.2. The highest BCUT2D eigenvalue weighted by molar-refractivity contribution is 5.77. The first-order chi connectivity index (χ1) is 9.81. The molecule has 0 unspecified atom stereocenters. The number of likely N-dealkylation sites (tertiary alicyclic amines) is 1. The summed E-state index contributed by atoms with van der Waals surface area (Å²) in [5, 5.41) is 0. The highest BCUT2D eigenvalue weighted by atomic mass is 15.3. The van der Waals surface area contributed by atoms with Gasteiger partial charge < -0.3 is 14.8 Å². The van der Waals surface area contributed by atoms with Crippen LogP contribution in [0.3, 0.4) is 0 Å². The average molecular weight is 270 g/mol. The Hall–Kier alpha value is -1.55. The number of H-pyrrole nitrogens is 1. The monoisotopic (exact) mass is 270 g/mol. The molecule has 4 nitrogen and oxygen atoms in total. The Morgan fingerprint density at radius 1 is 1.20 bits per heavy atom. The number of nitrogens with one attached hydrogen (secondary N) is 1. The Morgan fingerprint density at radius 2 is 2.10 bits per heavy atom. The van der Waals surface area contributed by atoms with E-state index in [9.17, 15) is 0 Å². The third-order valence-corrected chi connectivity index (χ3v) is 5.02. The number of para-hydroxylation sites is 2. The van der Waals surface area contributed by atoms with Crippen molar-refractivity contribution in [1.29, 1.82) is 0 Å². The summed E-state index contributed by atoms with van der Waals surface area (Å²) in [5.41, 5.74) is 2.22. The zero-order valence-electron chi connectivity index (χ0n) is 12.0. The van der Waals surface area contributed by atoms with Gasteiger partial charge in [-0.2, -0.15) is 0 Å². The molecule has 2 atom stereocenters. The lowest BCUT2D eigenvalue weighted by molar-refractivity contribution is 0.102. The van der Waals surface area contributed by atoms with Crippen LogP contribution in [-0.2, 0) is 0 Å². The van der Waals surface area contributed by atoms with Gasteiger partial charge in [-0.15, -0.1) is 0 Å². The van der Waals surface area contributed by atoms with E-state index in [4.69, 9.17) is 4.98 Å². The van der Waals surface area contributed by atoms with Crippen LogP contribution in [0.2, 0.25) is 0 Å². The number of piperidine rings is 2. The summed E-state index contributed by atoms with van der Waals surface area (Å²) in [7, 11) is 2.29. The lowest BCUT2D eigenvalue weighted by Crippen LogP contribution is -2.53. The van der Waals surface area contributed by atoms with Crippen LogP contribution in [0.5, 0.6) is 0 Å². The standard InChI is InChI=1S/C16H22N4/c1-19-9-4-5-12-11-20(10-8-15(12)19)16-17-13-6-2-3-7-14(13)18-16/h2-3,6-7,12,15H,4-5,8-11H2,1H3,(H,17,18)/t12-,15-/m0/s1. The summed E-state index contributed by atoms with van der Waals surface area (Å²) < 4.78 is 0. The Kier molecular flexibility index (Phi) is 2.91. The van der Waals surface area contributed by atoms with Gasteiger partial charge in [-0.3, -0.25) is 0 Å². The maximum Gasteiger partial charge on any atom is 0.203 e. The van der Waals surface area contributed by atoms with E-state index < -0.39 is 0 Å². The van der Waals surface area contributed by atoms with Crippen LogP contribution >= 0.6 is 0 Å². The lowest BCUT2D eigenvalue weighted by Gasteiger charge is -2.45. The van der Waals surface area contributed by atoms with Crippen molar-refractivity contribution in [3.05, 3.63) is 24.3 Å². The molecule has 4 heteroatoms. The molecule has 0 amide bonds. The molecule has 0 radical (unpaired) electrons. The van der Waals surface area contributed by atoms with E-state index in [2.05, 4.69) is 46.1 Å². The van der Waals surface area contributed by atoms with Crippen LogP contribution in [0.25, 0.3) is 11.0 Å². The van der Waals surface area contributed by atoms with Crippen molar-refractivity contribution in [2.24, 2.45) is 5.92 Å². The highest BCUT2D eigenvalue weighted by Gasteiger charge is 2.34. The summed E-state index contributed by atoms with van der Waals surface area (Å²) >= 11 is 0. The van der Waals surface area contributed by atoms with Gasteiger partial charge in [0.15, 0.2) is 0 Å². The van der Waals surface area contributed by atoms with Crippen molar-refractivity contribution in [2.75, 3.05) is 31.6 Å². The predicted molar refractivity (Wildman–Crippen MR) is 82.1 cm³/mol. The van der Waals surface area contributed by atoms with Crippen molar-refractivity contribution in [3.63, 3.8) is 0 Å². The van der Waals surface area contributed by atoms with Gasteiger partial charge in [0.2, 0.25) is 5.95 Å². The molecule has 3 heterocycles. The first-order valence-corrected chi connectivity index (χ1v) is 7.71. The third-order valence-electron chi connectivity index (χ3n) is 5.02. The van der Waals surface area contributed by atoms with E-state index in [0.29, 0.717) is 0 Å². The van der Waals surface area contributed by atoms with E-state index >= 15 is 0 Å². The molecule has 20 heavy (non-hydrogen) atoms. The molecule has 106 valence electrons. The van der Waals surface area contributed by atoms with Gasteiger partial charge in [0, 0.05) is 19.1 Å². The van der Waals surface area contributed by atoms with E-state index in [0.717, 1.165) is 42.0 Å². The number of benzene rings is 1. The summed E-state index contributed by atoms with van der Waals surface area (Å²) in [4.78, 5) is 13.2. The maximum absolute atomic E-state index is 4.75. The second-order valence-electron chi connectivity index (χ2n) is 6.26. The molecule has 2 fully saturated rings. The van der Waals surface area contributed by atoms with Crippen LogP contribution in [0, 0.1) is 5.92 Å². The van der Waals surface area contributed by atoms with E-state index in [1.54, 1.807) is 0 Å². The van der Waals surface area contributed by atoms with Crippen molar-refractivity contribution in [1.82, 2.24) is 14.9 Å². The molecular formula is C16H22N4. The molecule has 2 aromatic rings. The smallest absolute Gasteiger partial charge is 0.203 e. The summed E-state index contributed by atoms with van der Waals surface area (Å²) in [6.07, 6.45) is 3.97. The number of aromatic amines is 1. The van der Waals surface area contributed by atoms with Gasteiger partial charge in [-0.25, -0.2) is 4.98 Å². The van der Waals surface area contributed by atoms with E-state index in [1.165, 1.54) is 25.8 Å². The Bertz CT molecular complexity index is 572. The van der Waals surface area contributed by atoms with Gasteiger partial charge in [0.1, 0.15) is 0 Å². The van der Waals surface area contributed by atoms with Gasteiger partial charge >= 0.3 is 0 Å². The lowest BCUT2D eigenvalue weighted by atomic mass is 9.84. The van der Waals surface area contributed by atoms with Crippen LogP contribution in [0.4, 0.5) is 5.95 Å². The largest absolute Gasteiger partial charge is 0.342 e. The molecule has 0 saturated carbocycles. The molecule has 1 N–H and O–H groups in total. The number of hydrogen-bond acceptors (Lipinski definition) is 3. The second-order valence-corrected chi connectivity index (χ2v) is 6.26. The van der Waals surface area contributed by atoms with Crippen LogP contribution in [0.15, 0.2) is 24.3 Å². The minimum Gasteiger partial charge on any atom is -0.342 e. The molecule has 0 aliphatic carbocycles. The molecule has 1 aromatic carbocycles. The van der Waals surface area contributed by atoms with Crippen LogP contribution in [0.1, 0.15) is 19.3 Å². The summed E-state index contributed by atoms with van der Waals surface area (Å²) in [6, 6.07) is 9.08. The first-order valence-electron chi connectivity index (χ1n) is 7.71. The number of imidazole rings is 1. The second kappa shape index (κ2) is 4.77. The predicted octanol–water partition coefficient (Wildman–Crippen LogP) is 2.48. The Balaban J connectivity index is 1.57. The van der Waals surface area contributed by atoms with Crippen molar-refractivity contribution in [3.8, 4) is 0 Å². The zero-order valence-corrected chi connectivity index (χ0v) is 12.0. The average Bonchev–Trinajstić information content (AvgIpc) is 2.91. The van der Waals surface area contributed by atoms with Crippen LogP contribution in [-0.4, -0.2) is 47.6 Å². The normalized spacial score (nSPS) is 27.8. The third kappa shape index (κ3) is 1.99. The number of aromatic nitrogens is 2. The van der Waals surface area contributed by atoms with E-state index in [-0.39, 0.29) is 0 Å². The maximum atomic E-state index is 4.75. The van der Waals surface area contributed by atoms with Gasteiger partial charge in [0.25, 0.3) is 0 Å². The van der Waals surface area contributed by atoms with Gasteiger partial charge in [-0.05, 0) is 50.9 Å².